The first-order valence-corrected chi connectivity index (χ1v) is 11.3. The SMILES string of the molecule is CC(C)N(CC(=O)Nc1nc(CC(=O)NCc2ccc(F)cc2)cs1)C(=O)c1ccccc1. The lowest BCUT2D eigenvalue weighted by atomic mass is 10.1. The zero-order valence-corrected chi connectivity index (χ0v) is 19.2. The van der Waals surface area contributed by atoms with Crippen LogP contribution in [-0.4, -0.2) is 40.2 Å². The minimum absolute atomic E-state index is 0.0537. The fourth-order valence-corrected chi connectivity index (χ4v) is 3.75. The van der Waals surface area contributed by atoms with Crippen molar-refractivity contribution in [2.24, 2.45) is 0 Å². The van der Waals surface area contributed by atoms with Gasteiger partial charge in [-0.05, 0) is 43.7 Å². The van der Waals surface area contributed by atoms with Crippen molar-refractivity contribution in [2.45, 2.75) is 32.9 Å². The number of nitrogens with one attached hydrogen (secondary N) is 2. The van der Waals surface area contributed by atoms with Crippen LogP contribution < -0.4 is 10.6 Å². The number of amides is 3. The number of aromatic nitrogens is 1. The number of halogens is 1. The van der Waals surface area contributed by atoms with Crippen LogP contribution in [0.4, 0.5) is 9.52 Å². The van der Waals surface area contributed by atoms with Gasteiger partial charge in [0.1, 0.15) is 12.4 Å². The lowest BCUT2D eigenvalue weighted by Crippen LogP contribution is -2.42. The van der Waals surface area contributed by atoms with E-state index in [1.165, 1.54) is 28.4 Å². The molecule has 2 aromatic carbocycles. The molecule has 172 valence electrons. The highest BCUT2D eigenvalue weighted by atomic mass is 32.1. The Morgan fingerprint density at radius 2 is 1.73 bits per heavy atom. The molecule has 3 rings (SSSR count). The molecule has 3 amide bonds. The van der Waals surface area contributed by atoms with E-state index < -0.39 is 0 Å². The van der Waals surface area contributed by atoms with Gasteiger partial charge in [0, 0.05) is 23.5 Å². The van der Waals surface area contributed by atoms with Crippen LogP contribution in [0, 0.1) is 5.82 Å². The molecule has 0 atom stereocenters. The Labute approximate surface area is 195 Å². The van der Waals surface area contributed by atoms with Crippen molar-refractivity contribution in [3.8, 4) is 0 Å². The fourth-order valence-electron chi connectivity index (χ4n) is 3.02. The van der Waals surface area contributed by atoms with Crippen molar-refractivity contribution >= 4 is 34.2 Å². The van der Waals surface area contributed by atoms with Crippen molar-refractivity contribution in [2.75, 3.05) is 11.9 Å². The fraction of sp³-hybridized carbons (Fsp3) is 0.250. The summed E-state index contributed by atoms with van der Waals surface area (Å²) in [5.74, 6) is -1.15. The molecule has 1 heterocycles. The Bertz CT molecular complexity index is 1100. The summed E-state index contributed by atoms with van der Waals surface area (Å²) in [5, 5.41) is 7.51. The Morgan fingerprint density at radius 1 is 1.03 bits per heavy atom. The van der Waals surface area contributed by atoms with E-state index in [-0.39, 0.29) is 49.1 Å². The molecule has 0 unspecified atom stereocenters. The van der Waals surface area contributed by atoms with Gasteiger partial charge in [-0.2, -0.15) is 0 Å². The summed E-state index contributed by atoms with van der Waals surface area (Å²) in [6.45, 7) is 3.87. The number of carbonyl (C=O) groups excluding carboxylic acids is 3. The van der Waals surface area contributed by atoms with Gasteiger partial charge in [-0.25, -0.2) is 9.37 Å². The van der Waals surface area contributed by atoms with Gasteiger partial charge in [0.2, 0.25) is 11.8 Å². The van der Waals surface area contributed by atoms with Gasteiger partial charge >= 0.3 is 0 Å². The number of benzene rings is 2. The predicted octanol–water partition coefficient (Wildman–Crippen LogP) is 3.63. The number of thiazole rings is 1. The summed E-state index contributed by atoms with van der Waals surface area (Å²) in [7, 11) is 0. The first kappa shape index (κ1) is 24.1. The lowest BCUT2D eigenvalue weighted by Gasteiger charge is -2.26. The van der Waals surface area contributed by atoms with Crippen molar-refractivity contribution in [3.63, 3.8) is 0 Å². The standard InChI is InChI=1S/C24H25FN4O3S/c1-16(2)29(23(32)18-6-4-3-5-7-18)14-22(31)28-24-27-20(15-33-24)12-21(30)26-13-17-8-10-19(25)11-9-17/h3-11,15-16H,12-14H2,1-2H3,(H,26,30)(H,27,28,31). The molecule has 7 nitrogen and oxygen atoms in total. The van der Waals surface area contributed by atoms with E-state index in [0.717, 1.165) is 5.56 Å². The second kappa shape index (κ2) is 11.3. The molecule has 0 aliphatic heterocycles. The van der Waals surface area contributed by atoms with Crippen LogP contribution in [0.25, 0.3) is 0 Å². The van der Waals surface area contributed by atoms with Gasteiger partial charge in [0.05, 0.1) is 12.1 Å². The van der Waals surface area contributed by atoms with E-state index in [9.17, 15) is 18.8 Å². The van der Waals surface area contributed by atoms with Crippen LogP contribution in [0.15, 0.2) is 60.0 Å². The second-order valence-corrected chi connectivity index (χ2v) is 8.52. The molecule has 0 spiro atoms. The van der Waals surface area contributed by atoms with Crippen molar-refractivity contribution in [1.29, 1.82) is 0 Å². The largest absolute Gasteiger partial charge is 0.352 e. The van der Waals surface area contributed by atoms with Crippen LogP contribution in [0.3, 0.4) is 0 Å². The zero-order chi connectivity index (χ0) is 23.8. The molecule has 0 bridgehead atoms. The minimum Gasteiger partial charge on any atom is -0.352 e. The quantitative estimate of drug-likeness (QED) is 0.502. The van der Waals surface area contributed by atoms with Crippen molar-refractivity contribution < 1.29 is 18.8 Å². The summed E-state index contributed by atoms with van der Waals surface area (Å²) in [6.07, 6.45) is 0.0537. The molecule has 0 fully saturated rings. The van der Waals surface area contributed by atoms with Gasteiger partial charge in [-0.1, -0.05) is 30.3 Å². The minimum atomic E-state index is -0.366. The first-order valence-electron chi connectivity index (χ1n) is 10.4. The lowest BCUT2D eigenvalue weighted by molar-refractivity contribution is -0.120. The maximum absolute atomic E-state index is 12.9. The molecule has 33 heavy (non-hydrogen) atoms. The molecule has 0 radical (unpaired) electrons. The smallest absolute Gasteiger partial charge is 0.254 e. The number of nitrogens with zero attached hydrogens (tertiary/aromatic N) is 2. The maximum atomic E-state index is 12.9. The number of rotatable bonds is 9. The molecule has 0 aliphatic rings. The highest BCUT2D eigenvalue weighted by Crippen LogP contribution is 2.16. The second-order valence-electron chi connectivity index (χ2n) is 7.66. The number of hydrogen-bond donors (Lipinski definition) is 2. The molecule has 0 saturated heterocycles. The maximum Gasteiger partial charge on any atom is 0.254 e. The Morgan fingerprint density at radius 3 is 2.39 bits per heavy atom. The van der Waals surface area contributed by atoms with Crippen molar-refractivity contribution in [3.05, 3.63) is 82.6 Å². The third-order valence-electron chi connectivity index (χ3n) is 4.76. The molecule has 2 N–H and O–H groups in total. The first-order chi connectivity index (χ1) is 15.8. The van der Waals surface area contributed by atoms with Gasteiger partial charge in [-0.15, -0.1) is 11.3 Å². The molecule has 3 aromatic rings. The summed E-state index contributed by atoms with van der Waals surface area (Å²) in [4.78, 5) is 43.2. The molecule has 0 aliphatic carbocycles. The summed E-state index contributed by atoms with van der Waals surface area (Å²) in [6, 6.07) is 14.5. The van der Waals surface area contributed by atoms with E-state index in [2.05, 4.69) is 15.6 Å². The van der Waals surface area contributed by atoms with E-state index in [1.54, 1.807) is 41.8 Å². The summed E-state index contributed by atoms with van der Waals surface area (Å²) >= 11 is 1.21. The monoisotopic (exact) mass is 468 g/mol. The van der Waals surface area contributed by atoms with E-state index >= 15 is 0 Å². The van der Waals surface area contributed by atoms with E-state index in [4.69, 9.17) is 0 Å². The molecular weight excluding hydrogens is 443 g/mol. The molecule has 1 aromatic heterocycles. The van der Waals surface area contributed by atoms with Crippen LogP contribution in [0.2, 0.25) is 0 Å². The van der Waals surface area contributed by atoms with Gasteiger partial charge in [0.25, 0.3) is 5.91 Å². The normalized spacial score (nSPS) is 10.7. The third-order valence-corrected chi connectivity index (χ3v) is 5.57. The average Bonchev–Trinajstić information content (AvgIpc) is 3.23. The van der Waals surface area contributed by atoms with Crippen molar-refractivity contribution in [1.82, 2.24) is 15.2 Å². The molecule has 9 heteroatoms. The van der Waals surface area contributed by atoms with E-state index in [0.29, 0.717) is 16.4 Å². The highest BCUT2D eigenvalue weighted by Gasteiger charge is 2.22. The molecular formula is C24H25FN4O3S. The van der Waals surface area contributed by atoms with Gasteiger partial charge in [-0.3, -0.25) is 14.4 Å². The topological polar surface area (TPSA) is 91.4 Å². The Hall–Kier alpha value is -3.59. The van der Waals surface area contributed by atoms with Crippen LogP contribution in [0.1, 0.15) is 35.5 Å². The van der Waals surface area contributed by atoms with Crippen LogP contribution in [0.5, 0.6) is 0 Å². The van der Waals surface area contributed by atoms with Crippen LogP contribution in [-0.2, 0) is 22.6 Å². The highest BCUT2D eigenvalue weighted by molar-refractivity contribution is 7.13. The zero-order valence-electron chi connectivity index (χ0n) is 18.4. The third kappa shape index (κ3) is 7.21. The van der Waals surface area contributed by atoms with Gasteiger partial charge in [0.15, 0.2) is 5.13 Å². The average molecular weight is 469 g/mol. The molecule has 0 saturated carbocycles. The number of anilines is 1. The summed E-state index contributed by atoms with van der Waals surface area (Å²) < 4.78 is 12.9. The van der Waals surface area contributed by atoms with Gasteiger partial charge < -0.3 is 15.5 Å². The number of hydrogen-bond acceptors (Lipinski definition) is 5. The number of carbonyl (C=O) groups is 3. The van der Waals surface area contributed by atoms with Crippen LogP contribution >= 0.6 is 11.3 Å². The Balaban J connectivity index is 1.51. The van der Waals surface area contributed by atoms with E-state index in [1.807, 2.05) is 19.9 Å². The Kier molecular flexibility index (Phi) is 8.26. The summed E-state index contributed by atoms with van der Waals surface area (Å²) in [5.41, 5.74) is 1.82. The predicted molar refractivity (Wildman–Crippen MR) is 125 cm³/mol.